The van der Waals surface area contributed by atoms with Crippen molar-refractivity contribution in [3.63, 3.8) is 0 Å². The van der Waals surface area contributed by atoms with Crippen molar-refractivity contribution in [3.05, 3.63) is 59.1 Å². The SMILES string of the molecule is CC(C)N(Cc1cccc(OS(C)(=O)=O)c1)C(=O)Nc1cccc(Cl)c1. The maximum absolute atomic E-state index is 12.6. The summed E-state index contributed by atoms with van der Waals surface area (Å²) < 4.78 is 27.4. The Bertz CT molecular complexity index is 884. The smallest absolute Gasteiger partial charge is 0.322 e. The van der Waals surface area contributed by atoms with Gasteiger partial charge in [-0.2, -0.15) is 8.42 Å². The lowest BCUT2D eigenvalue weighted by atomic mass is 10.2. The molecule has 6 nitrogen and oxygen atoms in total. The van der Waals surface area contributed by atoms with Crippen molar-refractivity contribution >= 4 is 33.4 Å². The maximum atomic E-state index is 12.6. The fourth-order valence-electron chi connectivity index (χ4n) is 2.32. The van der Waals surface area contributed by atoms with Crippen LogP contribution >= 0.6 is 11.6 Å². The molecule has 0 atom stereocenters. The third-order valence-electron chi connectivity index (χ3n) is 3.46. The average molecular weight is 397 g/mol. The van der Waals surface area contributed by atoms with Gasteiger partial charge in [0.1, 0.15) is 5.75 Å². The van der Waals surface area contributed by atoms with Crippen LogP contribution in [0.4, 0.5) is 10.5 Å². The van der Waals surface area contributed by atoms with E-state index in [9.17, 15) is 13.2 Å². The van der Waals surface area contributed by atoms with Crippen molar-refractivity contribution in [1.82, 2.24) is 4.90 Å². The van der Waals surface area contributed by atoms with Crippen LogP contribution in [0, 0.1) is 0 Å². The number of rotatable bonds is 6. The molecular formula is C18H21ClN2O4S. The Labute approximate surface area is 158 Å². The molecule has 0 unspecified atom stereocenters. The van der Waals surface area contributed by atoms with E-state index < -0.39 is 10.1 Å². The highest BCUT2D eigenvalue weighted by Gasteiger charge is 2.18. The predicted octanol–water partition coefficient (Wildman–Crippen LogP) is 4.12. The largest absolute Gasteiger partial charge is 0.383 e. The van der Waals surface area contributed by atoms with Crippen LogP contribution in [-0.4, -0.2) is 31.6 Å². The van der Waals surface area contributed by atoms with Gasteiger partial charge >= 0.3 is 16.1 Å². The van der Waals surface area contributed by atoms with E-state index in [0.29, 0.717) is 17.3 Å². The van der Waals surface area contributed by atoms with E-state index in [0.717, 1.165) is 11.8 Å². The van der Waals surface area contributed by atoms with Gasteiger partial charge in [-0.3, -0.25) is 0 Å². The van der Waals surface area contributed by atoms with Gasteiger partial charge in [-0.1, -0.05) is 29.8 Å². The first kappa shape index (κ1) is 20.1. The molecule has 0 bridgehead atoms. The molecular weight excluding hydrogens is 376 g/mol. The first-order valence-corrected chi connectivity index (χ1v) is 10.1. The number of carbonyl (C=O) groups is 1. The summed E-state index contributed by atoms with van der Waals surface area (Å²) in [6, 6.07) is 13.2. The summed E-state index contributed by atoms with van der Waals surface area (Å²) >= 11 is 5.94. The summed E-state index contributed by atoms with van der Waals surface area (Å²) in [5.41, 5.74) is 1.35. The topological polar surface area (TPSA) is 75.7 Å². The highest BCUT2D eigenvalue weighted by atomic mass is 35.5. The molecule has 0 aromatic heterocycles. The van der Waals surface area contributed by atoms with E-state index in [1.54, 1.807) is 53.4 Å². The molecule has 0 heterocycles. The number of nitrogens with zero attached hydrogens (tertiary/aromatic N) is 1. The molecule has 26 heavy (non-hydrogen) atoms. The van der Waals surface area contributed by atoms with Crippen LogP contribution in [0.5, 0.6) is 5.75 Å². The van der Waals surface area contributed by atoms with Gasteiger partial charge in [0.15, 0.2) is 0 Å². The number of benzene rings is 2. The first-order valence-electron chi connectivity index (χ1n) is 7.95. The molecule has 0 fully saturated rings. The molecule has 0 saturated heterocycles. The summed E-state index contributed by atoms with van der Waals surface area (Å²) in [4.78, 5) is 14.3. The summed E-state index contributed by atoms with van der Waals surface area (Å²) in [6.45, 7) is 4.09. The van der Waals surface area contributed by atoms with Crippen LogP contribution in [0.25, 0.3) is 0 Å². The predicted molar refractivity (Wildman–Crippen MR) is 103 cm³/mol. The molecule has 8 heteroatoms. The van der Waals surface area contributed by atoms with Crippen molar-refractivity contribution < 1.29 is 17.4 Å². The summed E-state index contributed by atoms with van der Waals surface area (Å²) in [5.74, 6) is 0.212. The lowest BCUT2D eigenvalue weighted by molar-refractivity contribution is 0.193. The molecule has 140 valence electrons. The Morgan fingerprint density at radius 1 is 1.19 bits per heavy atom. The summed E-state index contributed by atoms with van der Waals surface area (Å²) in [6.07, 6.45) is 0.985. The van der Waals surface area contributed by atoms with E-state index in [-0.39, 0.29) is 17.8 Å². The van der Waals surface area contributed by atoms with Crippen LogP contribution in [0.15, 0.2) is 48.5 Å². The number of hydrogen-bond donors (Lipinski definition) is 1. The number of amides is 2. The Hall–Kier alpha value is -2.25. The molecule has 2 rings (SSSR count). The average Bonchev–Trinajstić information content (AvgIpc) is 2.51. The number of halogens is 1. The Balaban J connectivity index is 2.15. The molecule has 0 saturated carbocycles. The van der Waals surface area contributed by atoms with Crippen molar-refractivity contribution in [2.45, 2.75) is 26.4 Å². The molecule has 2 aromatic rings. The zero-order valence-corrected chi connectivity index (χ0v) is 16.3. The van der Waals surface area contributed by atoms with E-state index in [1.807, 2.05) is 13.8 Å². The number of anilines is 1. The van der Waals surface area contributed by atoms with Crippen LogP contribution in [-0.2, 0) is 16.7 Å². The normalized spacial score (nSPS) is 11.3. The van der Waals surface area contributed by atoms with E-state index in [4.69, 9.17) is 15.8 Å². The third-order valence-corrected chi connectivity index (χ3v) is 4.19. The Morgan fingerprint density at radius 3 is 2.50 bits per heavy atom. The van der Waals surface area contributed by atoms with Gasteiger partial charge in [-0.25, -0.2) is 4.79 Å². The van der Waals surface area contributed by atoms with Crippen molar-refractivity contribution in [1.29, 1.82) is 0 Å². The highest BCUT2D eigenvalue weighted by Crippen LogP contribution is 2.19. The van der Waals surface area contributed by atoms with Gasteiger partial charge in [0, 0.05) is 23.3 Å². The second kappa shape index (κ2) is 8.42. The van der Waals surface area contributed by atoms with Crippen LogP contribution in [0.1, 0.15) is 19.4 Å². The third kappa shape index (κ3) is 6.24. The van der Waals surface area contributed by atoms with Crippen molar-refractivity contribution in [3.8, 4) is 5.75 Å². The van der Waals surface area contributed by atoms with Gasteiger partial charge in [-0.15, -0.1) is 0 Å². The number of nitrogens with one attached hydrogen (secondary N) is 1. The minimum Gasteiger partial charge on any atom is -0.383 e. The lowest BCUT2D eigenvalue weighted by Crippen LogP contribution is -2.39. The first-order chi connectivity index (χ1) is 12.1. The second-order valence-corrected chi connectivity index (χ2v) is 8.11. The van der Waals surface area contributed by atoms with Gasteiger partial charge in [0.25, 0.3) is 0 Å². The van der Waals surface area contributed by atoms with Crippen LogP contribution in [0.3, 0.4) is 0 Å². The van der Waals surface area contributed by atoms with Crippen molar-refractivity contribution in [2.24, 2.45) is 0 Å². The maximum Gasteiger partial charge on any atom is 0.322 e. The van der Waals surface area contributed by atoms with Gasteiger partial charge < -0.3 is 14.4 Å². The highest BCUT2D eigenvalue weighted by molar-refractivity contribution is 7.86. The van der Waals surface area contributed by atoms with E-state index in [2.05, 4.69) is 5.32 Å². The molecule has 1 N–H and O–H groups in total. The number of hydrogen-bond acceptors (Lipinski definition) is 4. The molecule has 2 aromatic carbocycles. The van der Waals surface area contributed by atoms with Gasteiger partial charge in [0.2, 0.25) is 0 Å². The standard InChI is InChI=1S/C18H21ClN2O4S/c1-13(2)21(18(22)20-16-8-5-7-15(19)11-16)12-14-6-4-9-17(10-14)25-26(3,23)24/h4-11,13H,12H2,1-3H3,(H,20,22). The van der Waals surface area contributed by atoms with E-state index in [1.165, 1.54) is 0 Å². The monoisotopic (exact) mass is 396 g/mol. The summed E-state index contributed by atoms with van der Waals surface area (Å²) in [7, 11) is -3.61. The van der Waals surface area contributed by atoms with Crippen molar-refractivity contribution in [2.75, 3.05) is 11.6 Å². The quantitative estimate of drug-likeness (QED) is 0.745. The molecule has 0 aliphatic carbocycles. The molecule has 0 aliphatic rings. The molecule has 0 aliphatic heterocycles. The second-order valence-electron chi connectivity index (χ2n) is 6.10. The minimum absolute atomic E-state index is 0.0753. The number of carbonyl (C=O) groups excluding carboxylic acids is 1. The minimum atomic E-state index is -3.61. The fourth-order valence-corrected chi connectivity index (χ4v) is 2.96. The van der Waals surface area contributed by atoms with Crippen LogP contribution < -0.4 is 9.50 Å². The van der Waals surface area contributed by atoms with Crippen LogP contribution in [0.2, 0.25) is 5.02 Å². The number of urea groups is 1. The molecule has 0 spiro atoms. The van der Waals surface area contributed by atoms with E-state index >= 15 is 0 Å². The zero-order chi connectivity index (χ0) is 19.3. The molecule has 0 radical (unpaired) electrons. The zero-order valence-electron chi connectivity index (χ0n) is 14.8. The molecule has 2 amide bonds. The van der Waals surface area contributed by atoms with Gasteiger partial charge in [-0.05, 0) is 49.7 Å². The van der Waals surface area contributed by atoms with Gasteiger partial charge in [0.05, 0.1) is 6.26 Å². The lowest BCUT2D eigenvalue weighted by Gasteiger charge is -2.27. The Morgan fingerprint density at radius 2 is 1.88 bits per heavy atom. The summed E-state index contributed by atoms with van der Waals surface area (Å²) in [5, 5.41) is 3.34. The fraction of sp³-hybridized carbons (Fsp3) is 0.278. The Kier molecular flexibility index (Phi) is 6.50.